The van der Waals surface area contributed by atoms with Crippen molar-refractivity contribution < 1.29 is 19.0 Å². The van der Waals surface area contributed by atoms with Gasteiger partial charge in [-0.1, -0.05) is 72.8 Å². The summed E-state index contributed by atoms with van der Waals surface area (Å²) >= 11 is 0. The summed E-state index contributed by atoms with van der Waals surface area (Å²) in [7, 11) is 0. The van der Waals surface area contributed by atoms with E-state index in [0.717, 1.165) is 16.7 Å². The maximum atomic E-state index is 12.6. The highest BCUT2D eigenvalue weighted by Gasteiger charge is 2.28. The Hall–Kier alpha value is -4.25. The van der Waals surface area contributed by atoms with Gasteiger partial charge in [0, 0.05) is 6.07 Å². The molecule has 0 saturated carbocycles. The van der Waals surface area contributed by atoms with Gasteiger partial charge in [0.2, 0.25) is 6.23 Å². The lowest BCUT2D eigenvalue weighted by molar-refractivity contribution is 0.0749. The molecule has 5 heteroatoms. The Balaban J connectivity index is 1.41. The molecule has 1 aliphatic heterocycles. The second kappa shape index (κ2) is 9.49. The Morgan fingerprint density at radius 1 is 0.727 bits per heavy atom. The van der Waals surface area contributed by atoms with Crippen molar-refractivity contribution in [1.82, 2.24) is 5.32 Å². The molecule has 0 unspecified atom stereocenters. The van der Waals surface area contributed by atoms with Gasteiger partial charge in [0.05, 0.1) is 11.1 Å². The number of fused-ring (bicyclic) bond motifs is 1. The average molecular weight is 437 g/mol. The van der Waals surface area contributed by atoms with Crippen LogP contribution in [0.25, 0.3) is 0 Å². The molecule has 1 N–H and O–H groups in total. The van der Waals surface area contributed by atoms with Crippen LogP contribution in [0.2, 0.25) is 0 Å². The van der Waals surface area contributed by atoms with Gasteiger partial charge in [-0.2, -0.15) is 0 Å². The van der Waals surface area contributed by atoms with E-state index >= 15 is 0 Å². The van der Waals surface area contributed by atoms with Gasteiger partial charge < -0.3 is 19.5 Å². The van der Waals surface area contributed by atoms with Crippen molar-refractivity contribution in [3.8, 4) is 17.2 Å². The molecule has 0 saturated heterocycles. The fraction of sp³-hybridized carbons (Fsp3) is 0.107. The van der Waals surface area contributed by atoms with E-state index in [4.69, 9.17) is 14.2 Å². The van der Waals surface area contributed by atoms with Crippen LogP contribution in [0.3, 0.4) is 0 Å². The molecule has 1 atom stereocenters. The van der Waals surface area contributed by atoms with E-state index in [1.54, 1.807) is 12.1 Å². The third-order valence-corrected chi connectivity index (χ3v) is 5.39. The molecular formula is C28H23NO4. The van der Waals surface area contributed by atoms with Gasteiger partial charge in [0.1, 0.15) is 30.5 Å². The van der Waals surface area contributed by atoms with Crippen LogP contribution in [0.4, 0.5) is 0 Å². The third kappa shape index (κ3) is 4.83. The highest BCUT2D eigenvalue weighted by molar-refractivity contribution is 5.98. The van der Waals surface area contributed by atoms with Gasteiger partial charge >= 0.3 is 0 Å². The largest absolute Gasteiger partial charge is 0.489 e. The first-order valence-electron chi connectivity index (χ1n) is 10.8. The monoisotopic (exact) mass is 437 g/mol. The summed E-state index contributed by atoms with van der Waals surface area (Å²) in [6.07, 6.45) is -0.665. The fourth-order valence-electron chi connectivity index (χ4n) is 3.67. The summed E-state index contributed by atoms with van der Waals surface area (Å²) in [4.78, 5) is 12.6. The minimum atomic E-state index is -0.665. The second-order valence-corrected chi connectivity index (χ2v) is 7.72. The molecule has 0 spiro atoms. The summed E-state index contributed by atoms with van der Waals surface area (Å²) in [5.41, 5.74) is 3.36. The van der Waals surface area contributed by atoms with Gasteiger partial charge in [-0.25, -0.2) is 0 Å². The normalized spacial score (nSPS) is 14.5. The molecule has 4 aromatic carbocycles. The number of rotatable bonds is 7. The van der Waals surface area contributed by atoms with E-state index in [-0.39, 0.29) is 5.91 Å². The highest BCUT2D eigenvalue weighted by atomic mass is 16.5. The van der Waals surface area contributed by atoms with E-state index in [0.29, 0.717) is 36.0 Å². The Bertz CT molecular complexity index is 1240. The van der Waals surface area contributed by atoms with Crippen molar-refractivity contribution in [2.75, 3.05) is 0 Å². The fourth-order valence-corrected chi connectivity index (χ4v) is 3.67. The van der Waals surface area contributed by atoms with E-state index in [1.165, 1.54) is 0 Å². The van der Waals surface area contributed by atoms with Gasteiger partial charge in [-0.3, -0.25) is 4.79 Å². The molecule has 4 aromatic rings. The van der Waals surface area contributed by atoms with Crippen LogP contribution in [0.1, 0.15) is 33.3 Å². The first kappa shape index (κ1) is 20.6. The number of amides is 1. The van der Waals surface area contributed by atoms with E-state index in [2.05, 4.69) is 5.32 Å². The predicted octanol–water partition coefficient (Wildman–Crippen LogP) is 5.67. The van der Waals surface area contributed by atoms with Crippen LogP contribution < -0.4 is 19.5 Å². The number of hydrogen-bond acceptors (Lipinski definition) is 4. The molecule has 0 radical (unpaired) electrons. The molecule has 33 heavy (non-hydrogen) atoms. The number of para-hydroxylation sites is 1. The smallest absolute Gasteiger partial charge is 0.258 e. The highest BCUT2D eigenvalue weighted by Crippen LogP contribution is 2.35. The minimum absolute atomic E-state index is 0.180. The van der Waals surface area contributed by atoms with Crippen molar-refractivity contribution in [2.24, 2.45) is 0 Å². The topological polar surface area (TPSA) is 56.8 Å². The molecule has 0 bridgehead atoms. The molecule has 0 aliphatic carbocycles. The number of carbonyl (C=O) groups is 1. The van der Waals surface area contributed by atoms with E-state index < -0.39 is 6.23 Å². The van der Waals surface area contributed by atoms with Gasteiger partial charge in [0.25, 0.3) is 5.91 Å². The zero-order valence-corrected chi connectivity index (χ0v) is 17.9. The molecule has 0 aromatic heterocycles. The molecule has 164 valence electrons. The number of nitrogens with one attached hydrogen (secondary N) is 1. The van der Waals surface area contributed by atoms with Crippen LogP contribution >= 0.6 is 0 Å². The summed E-state index contributed by atoms with van der Waals surface area (Å²) in [6.45, 7) is 0.829. The quantitative estimate of drug-likeness (QED) is 0.405. The number of hydrogen-bond donors (Lipinski definition) is 1. The van der Waals surface area contributed by atoms with Crippen molar-refractivity contribution in [3.63, 3.8) is 0 Å². The Morgan fingerprint density at radius 2 is 1.36 bits per heavy atom. The van der Waals surface area contributed by atoms with Crippen LogP contribution in [-0.4, -0.2) is 5.91 Å². The zero-order valence-electron chi connectivity index (χ0n) is 17.9. The number of ether oxygens (including phenoxy) is 3. The van der Waals surface area contributed by atoms with Gasteiger partial charge in [0.15, 0.2) is 0 Å². The van der Waals surface area contributed by atoms with Crippen LogP contribution in [0.5, 0.6) is 17.2 Å². The summed E-state index contributed by atoms with van der Waals surface area (Å²) < 4.78 is 18.3. The molecule has 1 aliphatic rings. The van der Waals surface area contributed by atoms with Crippen molar-refractivity contribution in [2.45, 2.75) is 19.4 Å². The summed E-state index contributed by atoms with van der Waals surface area (Å²) in [6, 6.07) is 32.7. The third-order valence-electron chi connectivity index (χ3n) is 5.39. The van der Waals surface area contributed by atoms with E-state index in [1.807, 2.05) is 91.0 Å². The average Bonchev–Trinajstić information content (AvgIpc) is 2.87. The Kier molecular flexibility index (Phi) is 5.93. The van der Waals surface area contributed by atoms with Gasteiger partial charge in [-0.05, 0) is 35.4 Å². The molecule has 1 heterocycles. The zero-order chi connectivity index (χ0) is 22.5. The maximum Gasteiger partial charge on any atom is 0.258 e. The van der Waals surface area contributed by atoms with Crippen molar-refractivity contribution >= 4 is 5.91 Å². The lowest BCUT2D eigenvalue weighted by atomic mass is 10.1. The van der Waals surface area contributed by atoms with Crippen LogP contribution in [0.15, 0.2) is 103 Å². The van der Waals surface area contributed by atoms with Crippen LogP contribution in [0, 0.1) is 0 Å². The minimum Gasteiger partial charge on any atom is -0.489 e. The summed E-state index contributed by atoms with van der Waals surface area (Å²) in [5, 5.41) is 2.92. The Labute approximate surface area is 192 Å². The van der Waals surface area contributed by atoms with E-state index in [9.17, 15) is 4.79 Å². The molecule has 5 nitrogen and oxygen atoms in total. The van der Waals surface area contributed by atoms with Gasteiger partial charge in [-0.15, -0.1) is 0 Å². The standard InChI is InChI=1S/C28H23NO4/c30-27-23-13-7-8-14-25(23)33-28(29-27)24-16-15-22(31-18-20-9-3-1-4-10-20)17-26(24)32-19-21-11-5-2-6-12-21/h1-17,28H,18-19H2,(H,29,30)/t28-/m0/s1. The number of carbonyl (C=O) groups excluding carboxylic acids is 1. The predicted molar refractivity (Wildman–Crippen MR) is 125 cm³/mol. The Morgan fingerprint density at radius 3 is 2.09 bits per heavy atom. The SMILES string of the molecule is O=C1N[C@H](c2ccc(OCc3ccccc3)cc2OCc2ccccc2)Oc2ccccc21. The molecule has 1 amide bonds. The molecule has 0 fully saturated rings. The molecule has 5 rings (SSSR count). The van der Waals surface area contributed by atoms with Crippen molar-refractivity contribution in [3.05, 3.63) is 125 Å². The number of benzene rings is 4. The molecular weight excluding hydrogens is 414 g/mol. The lowest BCUT2D eigenvalue weighted by Gasteiger charge is -2.28. The summed E-state index contributed by atoms with van der Waals surface area (Å²) in [5.74, 6) is 1.63. The lowest BCUT2D eigenvalue weighted by Crippen LogP contribution is -2.37. The first-order chi connectivity index (χ1) is 16.3. The van der Waals surface area contributed by atoms with Crippen molar-refractivity contribution in [1.29, 1.82) is 0 Å². The van der Waals surface area contributed by atoms with Crippen LogP contribution in [-0.2, 0) is 13.2 Å². The first-order valence-corrected chi connectivity index (χ1v) is 10.8. The second-order valence-electron chi connectivity index (χ2n) is 7.72. The maximum absolute atomic E-state index is 12.6.